The van der Waals surface area contributed by atoms with Gasteiger partial charge in [-0.3, -0.25) is 0 Å². The van der Waals surface area contributed by atoms with Crippen LogP contribution < -0.4 is 11.1 Å². The van der Waals surface area contributed by atoms with Gasteiger partial charge in [0.25, 0.3) is 0 Å². The summed E-state index contributed by atoms with van der Waals surface area (Å²) in [4.78, 5) is 0. The van der Waals surface area contributed by atoms with E-state index in [9.17, 15) is 0 Å². The molecule has 3 N–H and O–H groups in total. The lowest BCUT2D eigenvalue weighted by molar-refractivity contribution is 1.02. The zero-order chi connectivity index (χ0) is 13.0. The van der Waals surface area contributed by atoms with Gasteiger partial charge in [-0.15, -0.1) is 0 Å². The fraction of sp³-hybridized carbons (Fsp3) is 0.200. The molecule has 0 spiro atoms. The Balaban J connectivity index is 1.97. The van der Waals surface area contributed by atoms with Crippen molar-refractivity contribution < 1.29 is 0 Å². The lowest BCUT2D eigenvalue weighted by Crippen LogP contribution is -2.08. The van der Waals surface area contributed by atoms with Crippen LogP contribution in [-0.2, 0) is 6.42 Å². The van der Waals surface area contributed by atoms with Crippen molar-refractivity contribution in [1.82, 2.24) is 0 Å². The molecule has 0 heterocycles. The Hall–Kier alpha value is -1.48. The van der Waals surface area contributed by atoms with Crippen molar-refractivity contribution >= 4 is 27.3 Å². The van der Waals surface area contributed by atoms with Crippen molar-refractivity contribution in [2.45, 2.75) is 13.3 Å². The van der Waals surface area contributed by atoms with Crippen LogP contribution in [0.5, 0.6) is 0 Å². The standard InChI is InChI=1S/C15H17BrN2/c1-11-4-2-7-14(17)15(11)18-9-8-12-5-3-6-13(16)10-12/h2-7,10,18H,8-9,17H2,1H3. The third-order valence-corrected chi connectivity index (χ3v) is 3.40. The maximum atomic E-state index is 5.95. The molecule has 2 aromatic rings. The number of hydrogen-bond acceptors (Lipinski definition) is 2. The van der Waals surface area contributed by atoms with Gasteiger partial charge >= 0.3 is 0 Å². The summed E-state index contributed by atoms with van der Waals surface area (Å²) < 4.78 is 1.12. The Morgan fingerprint density at radius 3 is 2.67 bits per heavy atom. The van der Waals surface area contributed by atoms with Crippen molar-refractivity contribution in [3.8, 4) is 0 Å². The number of nitrogens with one attached hydrogen (secondary N) is 1. The van der Waals surface area contributed by atoms with Gasteiger partial charge in [-0.05, 0) is 42.7 Å². The van der Waals surface area contributed by atoms with E-state index in [0.29, 0.717) is 0 Å². The fourth-order valence-corrected chi connectivity index (χ4v) is 2.40. The van der Waals surface area contributed by atoms with Crippen molar-refractivity contribution in [3.63, 3.8) is 0 Å². The highest BCUT2D eigenvalue weighted by atomic mass is 79.9. The first kappa shape index (κ1) is 13.0. The number of anilines is 2. The molecule has 0 saturated carbocycles. The van der Waals surface area contributed by atoms with E-state index in [2.05, 4.69) is 52.4 Å². The monoisotopic (exact) mass is 304 g/mol. The van der Waals surface area contributed by atoms with E-state index >= 15 is 0 Å². The quantitative estimate of drug-likeness (QED) is 0.838. The normalized spacial score (nSPS) is 10.3. The van der Waals surface area contributed by atoms with Gasteiger partial charge in [-0.25, -0.2) is 0 Å². The Morgan fingerprint density at radius 2 is 1.94 bits per heavy atom. The molecule has 0 aliphatic rings. The highest BCUT2D eigenvalue weighted by Gasteiger charge is 2.01. The van der Waals surface area contributed by atoms with Crippen molar-refractivity contribution in [3.05, 3.63) is 58.1 Å². The zero-order valence-corrected chi connectivity index (χ0v) is 12.0. The smallest absolute Gasteiger partial charge is 0.0603 e. The summed E-state index contributed by atoms with van der Waals surface area (Å²) in [5.74, 6) is 0. The molecule has 0 aliphatic heterocycles. The molecule has 2 aromatic carbocycles. The molecule has 3 heteroatoms. The van der Waals surface area contributed by atoms with E-state index < -0.39 is 0 Å². The molecule has 0 atom stereocenters. The Kier molecular flexibility index (Phi) is 4.26. The molecule has 0 fully saturated rings. The van der Waals surface area contributed by atoms with E-state index in [1.165, 1.54) is 11.1 Å². The number of hydrogen-bond donors (Lipinski definition) is 2. The summed E-state index contributed by atoms with van der Waals surface area (Å²) >= 11 is 3.48. The van der Waals surface area contributed by atoms with Gasteiger partial charge in [0, 0.05) is 11.0 Å². The average Bonchev–Trinajstić information content (AvgIpc) is 2.33. The minimum absolute atomic E-state index is 0.809. The SMILES string of the molecule is Cc1cccc(N)c1NCCc1cccc(Br)c1. The van der Waals surface area contributed by atoms with Crippen LogP contribution in [0.3, 0.4) is 0 Å². The van der Waals surface area contributed by atoms with Crippen LogP contribution in [0.4, 0.5) is 11.4 Å². The van der Waals surface area contributed by atoms with Crippen LogP contribution in [0, 0.1) is 6.92 Å². The van der Waals surface area contributed by atoms with Gasteiger partial charge in [0.2, 0.25) is 0 Å². The molecule has 0 aromatic heterocycles. The number of benzene rings is 2. The van der Waals surface area contributed by atoms with Crippen LogP contribution in [-0.4, -0.2) is 6.54 Å². The van der Waals surface area contributed by atoms with Crippen LogP contribution >= 0.6 is 15.9 Å². The van der Waals surface area contributed by atoms with E-state index in [0.717, 1.165) is 28.8 Å². The molecule has 0 bridgehead atoms. The number of halogens is 1. The molecule has 0 aliphatic carbocycles. The number of rotatable bonds is 4. The highest BCUT2D eigenvalue weighted by Crippen LogP contribution is 2.22. The number of nitrogens with two attached hydrogens (primary N) is 1. The van der Waals surface area contributed by atoms with Crippen LogP contribution in [0.15, 0.2) is 46.9 Å². The topological polar surface area (TPSA) is 38.0 Å². The molecule has 2 rings (SSSR count). The summed E-state index contributed by atoms with van der Waals surface area (Å²) in [5.41, 5.74) is 10.3. The molecule has 18 heavy (non-hydrogen) atoms. The Morgan fingerprint density at radius 1 is 1.17 bits per heavy atom. The highest BCUT2D eigenvalue weighted by molar-refractivity contribution is 9.10. The van der Waals surface area contributed by atoms with Gasteiger partial charge in [-0.2, -0.15) is 0 Å². The Labute approximate surface area is 116 Å². The first-order chi connectivity index (χ1) is 8.66. The molecular formula is C15H17BrN2. The van der Waals surface area contributed by atoms with Gasteiger partial charge in [-0.1, -0.05) is 40.2 Å². The van der Waals surface area contributed by atoms with Gasteiger partial charge in [0.05, 0.1) is 11.4 Å². The molecule has 0 saturated heterocycles. The summed E-state index contributed by atoms with van der Waals surface area (Å²) in [6.45, 7) is 2.95. The molecule has 2 nitrogen and oxygen atoms in total. The van der Waals surface area contributed by atoms with E-state index in [1.54, 1.807) is 0 Å². The molecular weight excluding hydrogens is 288 g/mol. The Bertz CT molecular complexity index is 518. The van der Waals surface area contributed by atoms with Crippen molar-refractivity contribution in [2.24, 2.45) is 0 Å². The molecule has 94 valence electrons. The molecule has 0 radical (unpaired) electrons. The average molecular weight is 305 g/mol. The molecule has 0 unspecified atom stereocenters. The second-order valence-electron chi connectivity index (χ2n) is 4.35. The van der Waals surface area contributed by atoms with Crippen LogP contribution in [0.2, 0.25) is 0 Å². The maximum Gasteiger partial charge on any atom is 0.0603 e. The second kappa shape index (κ2) is 5.91. The summed E-state index contributed by atoms with van der Waals surface area (Å²) in [5, 5.41) is 3.41. The van der Waals surface area contributed by atoms with Crippen molar-refractivity contribution in [2.75, 3.05) is 17.6 Å². The first-order valence-corrected chi connectivity index (χ1v) is 6.79. The lowest BCUT2D eigenvalue weighted by Gasteiger charge is -2.12. The number of nitrogen functional groups attached to an aromatic ring is 1. The number of aryl methyl sites for hydroxylation is 1. The fourth-order valence-electron chi connectivity index (χ4n) is 1.96. The third-order valence-electron chi connectivity index (χ3n) is 2.91. The van der Waals surface area contributed by atoms with Gasteiger partial charge < -0.3 is 11.1 Å². The van der Waals surface area contributed by atoms with Crippen LogP contribution in [0.1, 0.15) is 11.1 Å². The minimum atomic E-state index is 0.809. The van der Waals surface area contributed by atoms with E-state index in [4.69, 9.17) is 5.73 Å². The largest absolute Gasteiger partial charge is 0.397 e. The maximum absolute atomic E-state index is 5.95. The molecule has 0 amide bonds. The summed E-state index contributed by atoms with van der Waals surface area (Å²) in [7, 11) is 0. The van der Waals surface area contributed by atoms with Gasteiger partial charge in [0.1, 0.15) is 0 Å². The van der Waals surface area contributed by atoms with E-state index in [-0.39, 0.29) is 0 Å². The third kappa shape index (κ3) is 3.26. The van der Waals surface area contributed by atoms with Gasteiger partial charge in [0.15, 0.2) is 0 Å². The summed E-state index contributed by atoms with van der Waals surface area (Å²) in [6, 6.07) is 14.3. The minimum Gasteiger partial charge on any atom is -0.397 e. The zero-order valence-electron chi connectivity index (χ0n) is 10.4. The lowest BCUT2D eigenvalue weighted by atomic mass is 10.1. The second-order valence-corrected chi connectivity index (χ2v) is 5.26. The number of para-hydroxylation sites is 1. The van der Waals surface area contributed by atoms with Crippen molar-refractivity contribution in [1.29, 1.82) is 0 Å². The predicted octanol–water partition coefficient (Wildman–Crippen LogP) is 3.99. The van der Waals surface area contributed by atoms with Crippen LogP contribution in [0.25, 0.3) is 0 Å². The first-order valence-electron chi connectivity index (χ1n) is 6.00. The summed E-state index contributed by atoms with van der Waals surface area (Å²) in [6.07, 6.45) is 0.979. The predicted molar refractivity (Wildman–Crippen MR) is 81.9 cm³/mol. The van der Waals surface area contributed by atoms with E-state index in [1.807, 2.05) is 18.2 Å².